The smallest absolute Gasteiger partial charge is 0.349 e. The van der Waals surface area contributed by atoms with Crippen LogP contribution in [0.1, 0.15) is 18.1 Å². The SMILES string of the molecule is CCOc1ccc(OCC(=O)Oc2cccc(/C=C(/C#N)c3cccc(Cl)c3)c2)cc1. The van der Waals surface area contributed by atoms with Crippen LogP contribution in [-0.4, -0.2) is 19.2 Å². The first-order valence-corrected chi connectivity index (χ1v) is 9.99. The number of ether oxygens (including phenoxy) is 3. The van der Waals surface area contributed by atoms with Gasteiger partial charge in [-0.25, -0.2) is 4.79 Å². The van der Waals surface area contributed by atoms with Crippen molar-refractivity contribution < 1.29 is 19.0 Å². The molecule has 3 aromatic carbocycles. The minimum absolute atomic E-state index is 0.236. The Kier molecular flexibility index (Phi) is 7.69. The van der Waals surface area contributed by atoms with Crippen LogP contribution in [0, 0.1) is 11.3 Å². The summed E-state index contributed by atoms with van der Waals surface area (Å²) in [7, 11) is 0. The quantitative estimate of drug-likeness (QED) is 0.195. The van der Waals surface area contributed by atoms with Gasteiger partial charge in [-0.3, -0.25) is 0 Å². The standard InChI is InChI=1S/C25H20ClNO4/c1-2-29-22-9-11-23(12-10-22)30-17-25(28)31-24-8-3-5-18(14-24)13-20(16-27)19-6-4-7-21(26)15-19/h3-15H,2,17H2,1H3/b20-13-. The van der Waals surface area contributed by atoms with Crippen molar-refractivity contribution in [3.05, 3.63) is 88.9 Å². The molecule has 0 saturated heterocycles. The highest BCUT2D eigenvalue weighted by atomic mass is 35.5. The molecule has 3 rings (SSSR count). The lowest BCUT2D eigenvalue weighted by Gasteiger charge is -2.08. The molecular formula is C25H20ClNO4. The second-order valence-electron chi connectivity index (χ2n) is 6.42. The maximum Gasteiger partial charge on any atom is 0.349 e. The van der Waals surface area contributed by atoms with E-state index in [9.17, 15) is 10.1 Å². The Hall–Kier alpha value is -3.75. The summed E-state index contributed by atoms with van der Waals surface area (Å²) >= 11 is 6.01. The molecule has 0 atom stereocenters. The fourth-order valence-corrected chi connectivity index (χ4v) is 2.96. The molecule has 0 aliphatic rings. The summed E-state index contributed by atoms with van der Waals surface area (Å²) in [6, 6.07) is 23.1. The summed E-state index contributed by atoms with van der Waals surface area (Å²) < 4.78 is 16.2. The lowest BCUT2D eigenvalue weighted by Crippen LogP contribution is -2.17. The number of nitrogens with zero attached hydrogens (tertiary/aromatic N) is 1. The second-order valence-corrected chi connectivity index (χ2v) is 6.86. The van der Waals surface area contributed by atoms with Gasteiger partial charge in [0.25, 0.3) is 0 Å². The van der Waals surface area contributed by atoms with Crippen molar-refractivity contribution in [3.63, 3.8) is 0 Å². The van der Waals surface area contributed by atoms with Gasteiger partial charge in [0.05, 0.1) is 18.2 Å². The fraction of sp³-hybridized carbons (Fsp3) is 0.120. The van der Waals surface area contributed by atoms with Gasteiger partial charge in [0.1, 0.15) is 17.2 Å². The highest BCUT2D eigenvalue weighted by molar-refractivity contribution is 6.30. The number of hydrogen-bond acceptors (Lipinski definition) is 5. The van der Waals surface area contributed by atoms with Crippen LogP contribution >= 0.6 is 11.6 Å². The Morgan fingerprint density at radius 1 is 0.968 bits per heavy atom. The average Bonchev–Trinajstić information content (AvgIpc) is 2.77. The molecule has 0 unspecified atom stereocenters. The van der Waals surface area contributed by atoms with Gasteiger partial charge in [0.2, 0.25) is 0 Å². The first kappa shape index (κ1) is 21.9. The highest BCUT2D eigenvalue weighted by Crippen LogP contribution is 2.23. The third-order valence-electron chi connectivity index (χ3n) is 4.15. The van der Waals surface area contributed by atoms with E-state index in [4.69, 9.17) is 25.8 Å². The first-order valence-electron chi connectivity index (χ1n) is 9.61. The number of benzene rings is 3. The molecule has 0 aromatic heterocycles. The van der Waals surface area contributed by atoms with Gasteiger partial charge in [-0.15, -0.1) is 0 Å². The normalized spacial score (nSPS) is 10.8. The van der Waals surface area contributed by atoms with E-state index in [-0.39, 0.29) is 6.61 Å². The topological polar surface area (TPSA) is 68.6 Å². The number of rotatable bonds is 8. The van der Waals surface area contributed by atoms with Crippen molar-refractivity contribution in [2.75, 3.05) is 13.2 Å². The molecule has 0 spiro atoms. The van der Waals surface area contributed by atoms with Crippen LogP contribution in [0.15, 0.2) is 72.8 Å². The van der Waals surface area contributed by atoms with E-state index >= 15 is 0 Å². The van der Waals surface area contributed by atoms with E-state index in [0.717, 1.165) is 5.75 Å². The van der Waals surface area contributed by atoms with E-state index in [0.29, 0.717) is 39.8 Å². The van der Waals surface area contributed by atoms with Gasteiger partial charge < -0.3 is 14.2 Å². The minimum atomic E-state index is -0.537. The van der Waals surface area contributed by atoms with Crippen LogP contribution in [0.5, 0.6) is 17.2 Å². The molecule has 0 aliphatic carbocycles. The summed E-state index contributed by atoms with van der Waals surface area (Å²) in [6.45, 7) is 2.25. The number of esters is 1. The largest absolute Gasteiger partial charge is 0.494 e. The van der Waals surface area contributed by atoms with Gasteiger partial charge in [0.15, 0.2) is 6.61 Å². The number of halogens is 1. The molecule has 31 heavy (non-hydrogen) atoms. The van der Waals surface area contributed by atoms with Crippen LogP contribution in [-0.2, 0) is 4.79 Å². The minimum Gasteiger partial charge on any atom is -0.494 e. The van der Waals surface area contributed by atoms with Crippen molar-refractivity contribution in [3.8, 4) is 23.3 Å². The predicted molar refractivity (Wildman–Crippen MR) is 120 cm³/mol. The summed E-state index contributed by atoms with van der Waals surface area (Å²) in [5, 5.41) is 10.1. The average molecular weight is 434 g/mol. The molecule has 5 nitrogen and oxygen atoms in total. The van der Waals surface area contributed by atoms with Gasteiger partial charge >= 0.3 is 5.97 Å². The maximum atomic E-state index is 12.1. The molecule has 0 radical (unpaired) electrons. The zero-order valence-electron chi connectivity index (χ0n) is 16.9. The van der Waals surface area contributed by atoms with Gasteiger partial charge in [-0.2, -0.15) is 5.26 Å². The molecule has 0 saturated carbocycles. The zero-order chi connectivity index (χ0) is 22.1. The number of carbonyl (C=O) groups excluding carboxylic acids is 1. The van der Waals surface area contributed by atoms with E-state index < -0.39 is 5.97 Å². The van der Waals surface area contributed by atoms with Crippen LogP contribution in [0.4, 0.5) is 0 Å². The monoisotopic (exact) mass is 433 g/mol. The molecule has 0 N–H and O–H groups in total. The third kappa shape index (κ3) is 6.63. The summed E-state index contributed by atoms with van der Waals surface area (Å²) in [4.78, 5) is 12.1. The molecule has 156 valence electrons. The van der Waals surface area contributed by atoms with Crippen molar-refractivity contribution in [2.45, 2.75) is 6.92 Å². The predicted octanol–water partition coefficient (Wildman–Crippen LogP) is 5.79. The number of nitriles is 1. The number of allylic oxidation sites excluding steroid dienone is 1. The fourth-order valence-electron chi connectivity index (χ4n) is 2.77. The van der Waals surface area contributed by atoms with Gasteiger partial charge in [0, 0.05) is 5.02 Å². The Morgan fingerprint density at radius 3 is 2.35 bits per heavy atom. The van der Waals surface area contributed by atoms with Gasteiger partial charge in [-0.05, 0) is 72.7 Å². The van der Waals surface area contributed by atoms with Gasteiger partial charge in [-0.1, -0.05) is 35.9 Å². The number of hydrogen-bond donors (Lipinski definition) is 0. The summed E-state index contributed by atoms with van der Waals surface area (Å²) in [5.74, 6) is 1.09. The summed E-state index contributed by atoms with van der Waals surface area (Å²) in [6.07, 6.45) is 1.71. The van der Waals surface area contributed by atoms with E-state index in [1.54, 1.807) is 66.7 Å². The Bertz CT molecular complexity index is 1120. The Labute approximate surface area is 186 Å². The second kappa shape index (κ2) is 10.9. The van der Waals surface area contributed by atoms with E-state index in [1.807, 2.05) is 19.1 Å². The molecule has 0 fully saturated rings. The molecule has 0 bridgehead atoms. The van der Waals surface area contributed by atoms with Crippen molar-refractivity contribution in [1.82, 2.24) is 0 Å². The van der Waals surface area contributed by atoms with Crippen LogP contribution in [0.2, 0.25) is 5.02 Å². The highest BCUT2D eigenvalue weighted by Gasteiger charge is 2.08. The Balaban J connectivity index is 1.63. The van der Waals surface area contributed by atoms with Crippen molar-refractivity contribution in [1.29, 1.82) is 5.26 Å². The van der Waals surface area contributed by atoms with Crippen LogP contribution < -0.4 is 14.2 Å². The lowest BCUT2D eigenvalue weighted by molar-refractivity contribution is -0.136. The van der Waals surface area contributed by atoms with E-state index in [1.165, 1.54) is 0 Å². The van der Waals surface area contributed by atoms with Crippen LogP contribution in [0.25, 0.3) is 11.6 Å². The molecule has 3 aromatic rings. The molecule has 0 heterocycles. The maximum absolute atomic E-state index is 12.1. The van der Waals surface area contributed by atoms with Crippen molar-refractivity contribution in [2.24, 2.45) is 0 Å². The molecule has 6 heteroatoms. The van der Waals surface area contributed by atoms with Crippen molar-refractivity contribution >= 4 is 29.2 Å². The van der Waals surface area contributed by atoms with E-state index in [2.05, 4.69) is 6.07 Å². The zero-order valence-corrected chi connectivity index (χ0v) is 17.6. The Morgan fingerprint density at radius 2 is 1.68 bits per heavy atom. The lowest BCUT2D eigenvalue weighted by atomic mass is 10.0. The molecular weight excluding hydrogens is 414 g/mol. The first-order chi connectivity index (χ1) is 15.1. The third-order valence-corrected chi connectivity index (χ3v) is 4.38. The molecule has 0 amide bonds. The summed E-state index contributed by atoms with van der Waals surface area (Å²) in [5.41, 5.74) is 1.88. The number of carbonyl (C=O) groups is 1. The molecule has 0 aliphatic heterocycles. The van der Waals surface area contributed by atoms with Crippen LogP contribution in [0.3, 0.4) is 0 Å².